The molecule has 0 aliphatic carbocycles. The third-order valence-electron chi connectivity index (χ3n) is 6.52. The normalized spacial score (nSPS) is 23.1. The Morgan fingerprint density at radius 3 is 2.06 bits per heavy atom. The Morgan fingerprint density at radius 2 is 1.58 bits per heavy atom. The van der Waals surface area contributed by atoms with E-state index in [4.69, 9.17) is 4.74 Å². The first-order valence-corrected chi connectivity index (χ1v) is 13.3. The second-order valence-corrected chi connectivity index (χ2v) is 13.3. The Hall–Kier alpha value is -1.74. The number of morpholine rings is 1. The highest BCUT2D eigenvalue weighted by Gasteiger charge is 2.34. The number of anilines is 1. The molecule has 1 aromatic carbocycles. The molecule has 6 nitrogen and oxygen atoms in total. The lowest BCUT2D eigenvalue weighted by molar-refractivity contribution is -0.131. The van der Waals surface area contributed by atoms with Gasteiger partial charge in [-0.1, -0.05) is 0 Å². The molecule has 2 fully saturated rings. The molecule has 9 heteroatoms. The van der Waals surface area contributed by atoms with E-state index in [0.29, 0.717) is 44.6 Å². The van der Waals surface area contributed by atoms with Gasteiger partial charge in [0.2, 0.25) is 5.91 Å². The van der Waals surface area contributed by atoms with Crippen molar-refractivity contribution in [3.63, 3.8) is 0 Å². The lowest BCUT2D eigenvalue weighted by atomic mass is 9.98. The summed E-state index contributed by atoms with van der Waals surface area (Å²) in [5, 5.41) is 0. The predicted molar refractivity (Wildman–Crippen MR) is 125 cm³/mol. The molecule has 1 aromatic rings. The largest absolute Gasteiger partial charge is 0.372 e. The van der Waals surface area contributed by atoms with Gasteiger partial charge in [-0.2, -0.15) is 0 Å². The van der Waals surface area contributed by atoms with Crippen LogP contribution in [0.25, 0.3) is 0 Å². The fourth-order valence-electron chi connectivity index (χ4n) is 4.58. The smallest absolute Gasteiger partial charge is 0.226 e. The second kappa shape index (κ2) is 9.86. The van der Waals surface area contributed by atoms with E-state index in [1.54, 1.807) is 30.6 Å². The van der Waals surface area contributed by atoms with E-state index in [-0.39, 0.29) is 41.9 Å². The molecule has 33 heavy (non-hydrogen) atoms. The number of carbonyl (C=O) groups excluding carboxylic acids is 1. The van der Waals surface area contributed by atoms with E-state index in [0.717, 1.165) is 0 Å². The summed E-state index contributed by atoms with van der Waals surface area (Å²) in [6.45, 7) is 10.5. The molecule has 0 spiro atoms. The van der Waals surface area contributed by atoms with Crippen molar-refractivity contribution < 1.29 is 26.7 Å². The summed E-state index contributed by atoms with van der Waals surface area (Å²) >= 11 is 0. The summed E-state index contributed by atoms with van der Waals surface area (Å²) in [6, 6.07) is 2.48. The number of halogens is 2. The maximum absolute atomic E-state index is 14.8. The van der Waals surface area contributed by atoms with E-state index in [9.17, 15) is 22.0 Å². The zero-order chi connectivity index (χ0) is 24.6. The molecular weight excluding hydrogens is 450 g/mol. The molecule has 0 bridgehead atoms. The number of hydrogen-bond acceptors (Lipinski definition) is 5. The Balaban J connectivity index is 1.60. The van der Waals surface area contributed by atoms with Gasteiger partial charge in [0.15, 0.2) is 9.84 Å². The van der Waals surface area contributed by atoms with Gasteiger partial charge in [-0.15, -0.1) is 0 Å². The van der Waals surface area contributed by atoms with Crippen LogP contribution in [0.2, 0.25) is 0 Å². The topological polar surface area (TPSA) is 66.9 Å². The molecule has 0 radical (unpaired) electrons. The summed E-state index contributed by atoms with van der Waals surface area (Å²) in [6.07, 6.45) is 0.867. The van der Waals surface area contributed by atoms with Crippen LogP contribution in [-0.2, 0) is 25.8 Å². The molecule has 0 N–H and O–H groups in total. The van der Waals surface area contributed by atoms with Crippen molar-refractivity contribution in [1.82, 2.24) is 4.90 Å². The molecule has 186 valence electrons. The van der Waals surface area contributed by atoms with Crippen molar-refractivity contribution in [2.75, 3.05) is 36.8 Å². The first-order valence-electron chi connectivity index (χ1n) is 11.6. The summed E-state index contributed by atoms with van der Waals surface area (Å²) in [4.78, 5) is 16.1. The number of likely N-dealkylation sites (tertiary alicyclic amines) is 1. The highest BCUT2D eigenvalue weighted by molar-refractivity contribution is 7.92. The van der Waals surface area contributed by atoms with E-state index < -0.39 is 26.2 Å². The number of sulfone groups is 1. The zero-order valence-electron chi connectivity index (χ0n) is 20.2. The number of ether oxygens (including phenoxy) is 1. The van der Waals surface area contributed by atoms with Gasteiger partial charge in [0.05, 0.1) is 29.1 Å². The average molecular weight is 487 g/mol. The van der Waals surface area contributed by atoms with Gasteiger partial charge in [-0.25, -0.2) is 17.2 Å². The van der Waals surface area contributed by atoms with E-state index in [2.05, 4.69) is 0 Å². The highest BCUT2D eigenvalue weighted by Crippen LogP contribution is 2.29. The molecule has 2 heterocycles. The quantitative estimate of drug-likeness (QED) is 0.637. The molecule has 1 amide bonds. The monoisotopic (exact) mass is 486 g/mol. The van der Waals surface area contributed by atoms with Crippen LogP contribution in [0.3, 0.4) is 0 Å². The van der Waals surface area contributed by atoms with E-state index in [1.165, 1.54) is 12.1 Å². The summed E-state index contributed by atoms with van der Waals surface area (Å²) in [7, 11) is -3.21. The van der Waals surface area contributed by atoms with Crippen LogP contribution in [0.4, 0.5) is 14.5 Å². The van der Waals surface area contributed by atoms with Gasteiger partial charge < -0.3 is 14.5 Å². The molecule has 2 aliphatic rings. The fourth-order valence-corrected chi connectivity index (χ4v) is 6.03. The van der Waals surface area contributed by atoms with Crippen LogP contribution >= 0.6 is 0 Å². The first-order chi connectivity index (χ1) is 15.3. The second-order valence-electron chi connectivity index (χ2n) is 10.5. The number of amides is 1. The van der Waals surface area contributed by atoms with Crippen molar-refractivity contribution in [2.24, 2.45) is 5.92 Å². The van der Waals surface area contributed by atoms with Crippen LogP contribution in [0.1, 0.15) is 53.0 Å². The van der Waals surface area contributed by atoms with Crippen molar-refractivity contribution in [3.8, 4) is 0 Å². The maximum atomic E-state index is 14.8. The fraction of sp³-hybridized carbons (Fsp3) is 0.708. The van der Waals surface area contributed by atoms with Crippen molar-refractivity contribution in [3.05, 3.63) is 29.3 Å². The molecular formula is C24H36F2N2O4S. The average Bonchev–Trinajstić information content (AvgIpc) is 2.66. The first kappa shape index (κ1) is 25.9. The Morgan fingerprint density at radius 1 is 1.06 bits per heavy atom. The van der Waals surface area contributed by atoms with Crippen molar-refractivity contribution in [1.29, 1.82) is 0 Å². The standard InChI is InChI=1S/C24H36F2N2O4S/c1-16-13-28(14-17(2)32-16)23-20(25)10-19(11-21(23)26)12-22(29)27-8-6-18(7-9-27)15-33(30,31)24(3,4)5/h10-11,16-18H,6-9,12-15H2,1-5H3/t16-,17+. The third-order valence-corrected chi connectivity index (χ3v) is 9.30. The number of piperidine rings is 1. The third kappa shape index (κ3) is 6.23. The summed E-state index contributed by atoms with van der Waals surface area (Å²) in [5.74, 6) is -1.41. The molecule has 0 saturated carbocycles. The van der Waals surface area contributed by atoms with Crippen LogP contribution in [0.5, 0.6) is 0 Å². The minimum absolute atomic E-state index is 0.0192. The lowest BCUT2D eigenvalue weighted by Crippen LogP contribution is -2.46. The summed E-state index contributed by atoms with van der Waals surface area (Å²) < 4.78 is 59.4. The molecule has 2 aliphatic heterocycles. The SMILES string of the molecule is C[C@@H]1CN(c2c(F)cc(CC(=O)N3CCC(CS(=O)(=O)C(C)(C)C)CC3)cc2F)C[C@H](C)O1. The minimum atomic E-state index is -3.21. The van der Waals surface area contributed by atoms with Gasteiger partial charge in [-0.3, -0.25) is 4.79 Å². The van der Waals surface area contributed by atoms with Crippen molar-refractivity contribution >= 4 is 21.4 Å². The Kier molecular flexibility index (Phi) is 7.73. The number of nitrogens with zero attached hydrogens (tertiary/aromatic N) is 2. The molecule has 2 saturated heterocycles. The number of benzene rings is 1. The number of rotatable bonds is 5. The highest BCUT2D eigenvalue weighted by atomic mass is 32.2. The lowest BCUT2D eigenvalue weighted by Gasteiger charge is -2.37. The van der Waals surface area contributed by atoms with E-state index in [1.807, 2.05) is 13.8 Å². The van der Waals surface area contributed by atoms with Gasteiger partial charge >= 0.3 is 0 Å². The Labute approximate surface area is 196 Å². The van der Waals surface area contributed by atoms with Crippen LogP contribution in [0.15, 0.2) is 12.1 Å². The molecule has 2 atom stereocenters. The van der Waals surface area contributed by atoms with Gasteiger partial charge in [0.1, 0.15) is 17.3 Å². The molecule has 0 aromatic heterocycles. The predicted octanol–water partition coefficient (Wildman–Crippen LogP) is 3.57. The van der Waals surface area contributed by atoms with Crippen LogP contribution in [-0.4, -0.2) is 68.1 Å². The molecule has 0 unspecified atom stereocenters. The van der Waals surface area contributed by atoms with Crippen LogP contribution in [0, 0.1) is 17.6 Å². The van der Waals surface area contributed by atoms with Gasteiger partial charge in [-0.05, 0) is 71.1 Å². The summed E-state index contributed by atoms with van der Waals surface area (Å²) in [5.41, 5.74) is 0.222. The van der Waals surface area contributed by atoms with E-state index >= 15 is 0 Å². The van der Waals surface area contributed by atoms with Gasteiger partial charge in [0, 0.05) is 26.2 Å². The van der Waals surface area contributed by atoms with Crippen LogP contribution < -0.4 is 4.90 Å². The minimum Gasteiger partial charge on any atom is -0.372 e. The van der Waals surface area contributed by atoms with Gasteiger partial charge in [0.25, 0.3) is 0 Å². The molecule has 3 rings (SSSR count). The Bertz CT molecular complexity index is 936. The number of carbonyl (C=O) groups is 1. The zero-order valence-corrected chi connectivity index (χ0v) is 21.1. The number of hydrogen-bond donors (Lipinski definition) is 0. The van der Waals surface area contributed by atoms with Crippen molar-refractivity contribution in [2.45, 2.75) is 70.8 Å². The maximum Gasteiger partial charge on any atom is 0.226 e.